The SMILES string of the molecule is COC(OC)C1CCN(c2cc(F)cc(N3C4CCC3CN(c3cc(Cl)nnc3N)C4)c2)CC1. The van der Waals surface area contributed by atoms with Crippen LogP contribution in [0.5, 0.6) is 0 Å². The van der Waals surface area contributed by atoms with Crippen molar-refractivity contribution in [3.63, 3.8) is 0 Å². The summed E-state index contributed by atoms with van der Waals surface area (Å²) >= 11 is 6.07. The number of nitrogen functional groups attached to an aromatic ring is 1. The number of fused-ring (bicyclic) bond motifs is 2. The minimum Gasteiger partial charge on any atom is -0.380 e. The fraction of sp³-hybridized carbons (Fsp3) is 0.583. The van der Waals surface area contributed by atoms with Crippen LogP contribution in [-0.4, -0.2) is 69.0 Å². The van der Waals surface area contributed by atoms with E-state index in [1.54, 1.807) is 32.4 Å². The van der Waals surface area contributed by atoms with Crippen molar-refractivity contribution < 1.29 is 13.9 Å². The van der Waals surface area contributed by atoms with Gasteiger partial charge in [-0.2, -0.15) is 0 Å². The molecule has 3 fully saturated rings. The van der Waals surface area contributed by atoms with Gasteiger partial charge in [-0.3, -0.25) is 0 Å². The van der Waals surface area contributed by atoms with Gasteiger partial charge in [0, 0.05) is 75.8 Å². The summed E-state index contributed by atoms with van der Waals surface area (Å²) < 4.78 is 25.7. The van der Waals surface area contributed by atoms with Gasteiger partial charge in [-0.1, -0.05) is 11.6 Å². The van der Waals surface area contributed by atoms with Crippen LogP contribution in [-0.2, 0) is 9.47 Å². The zero-order chi connectivity index (χ0) is 23.8. The number of nitrogens with zero attached hydrogens (tertiary/aromatic N) is 5. The lowest BCUT2D eigenvalue weighted by atomic mass is 9.95. The van der Waals surface area contributed by atoms with Gasteiger partial charge in [0.15, 0.2) is 17.3 Å². The molecule has 3 saturated heterocycles. The Bertz CT molecular complexity index is 1000. The third-order valence-electron chi connectivity index (χ3n) is 7.51. The number of anilines is 4. The number of piperazine rings is 1. The summed E-state index contributed by atoms with van der Waals surface area (Å²) in [6, 6.07) is 7.79. The van der Waals surface area contributed by atoms with Crippen molar-refractivity contribution in [2.24, 2.45) is 5.92 Å². The first-order valence-corrected chi connectivity index (χ1v) is 12.3. The van der Waals surface area contributed by atoms with Crippen molar-refractivity contribution in [2.45, 2.75) is 44.1 Å². The molecule has 184 valence electrons. The molecule has 1 aromatic carbocycles. The molecule has 2 N–H and O–H groups in total. The van der Waals surface area contributed by atoms with E-state index in [1.807, 2.05) is 0 Å². The monoisotopic (exact) mass is 490 g/mol. The third kappa shape index (κ3) is 4.48. The zero-order valence-corrected chi connectivity index (χ0v) is 20.4. The molecule has 1 aromatic heterocycles. The predicted octanol–water partition coefficient (Wildman–Crippen LogP) is 3.54. The first kappa shape index (κ1) is 23.4. The van der Waals surface area contributed by atoms with E-state index in [9.17, 15) is 4.39 Å². The maximum absolute atomic E-state index is 14.8. The number of hydrogen-bond acceptors (Lipinski definition) is 8. The van der Waals surface area contributed by atoms with Gasteiger partial charge in [-0.15, -0.1) is 10.2 Å². The van der Waals surface area contributed by atoms with E-state index < -0.39 is 0 Å². The van der Waals surface area contributed by atoms with Crippen LogP contribution in [0.15, 0.2) is 24.3 Å². The fourth-order valence-electron chi connectivity index (χ4n) is 5.94. The van der Waals surface area contributed by atoms with Crippen LogP contribution in [0, 0.1) is 11.7 Å². The lowest BCUT2D eigenvalue weighted by Crippen LogP contribution is -2.54. The van der Waals surface area contributed by atoms with E-state index in [1.165, 1.54) is 0 Å². The highest BCUT2D eigenvalue weighted by molar-refractivity contribution is 6.29. The van der Waals surface area contributed by atoms with Crippen molar-refractivity contribution in [2.75, 3.05) is 60.8 Å². The third-order valence-corrected chi connectivity index (χ3v) is 7.70. The first-order valence-electron chi connectivity index (χ1n) is 11.9. The molecule has 10 heteroatoms. The van der Waals surface area contributed by atoms with Crippen molar-refractivity contribution in [3.8, 4) is 0 Å². The number of ether oxygens (including phenoxy) is 2. The topological polar surface area (TPSA) is 80.0 Å². The van der Waals surface area contributed by atoms with Crippen LogP contribution >= 0.6 is 11.6 Å². The summed E-state index contributed by atoms with van der Waals surface area (Å²) in [4.78, 5) is 6.91. The Balaban J connectivity index is 1.32. The second-order valence-corrected chi connectivity index (χ2v) is 9.85. The lowest BCUT2D eigenvalue weighted by Gasteiger charge is -2.44. The molecule has 2 aromatic rings. The van der Waals surface area contributed by atoms with Gasteiger partial charge in [0.25, 0.3) is 0 Å². The van der Waals surface area contributed by atoms with Crippen molar-refractivity contribution in [1.29, 1.82) is 0 Å². The van der Waals surface area contributed by atoms with Crippen LogP contribution < -0.4 is 20.4 Å². The quantitative estimate of drug-likeness (QED) is 0.616. The van der Waals surface area contributed by atoms with Crippen LogP contribution in [0.1, 0.15) is 25.7 Å². The first-order chi connectivity index (χ1) is 16.5. The highest BCUT2D eigenvalue weighted by Gasteiger charge is 2.41. The Morgan fingerprint density at radius 3 is 2.24 bits per heavy atom. The van der Waals surface area contributed by atoms with Crippen molar-refractivity contribution >= 4 is 34.5 Å². The molecule has 2 unspecified atom stereocenters. The Morgan fingerprint density at radius 2 is 1.59 bits per heavy atom. The van der Waals surface area contributed by atoms with Gasteiger partial charge in [0.2, 0.25) is 0 Å². The molecule has 0 amide bonds. The number of hydrogen-bond donors (Lipinski definition) is 1. The number of piperidine rings is 1. The Labute approximate surface area is 204 Å². The molecule has 0 radical (unpaired) electrons. The summed E-state index contributed by atoms with van der Waals surface area (Å²) in [7, 11) is 3.36. The predicted molar refractivity (Wildman–Crippen MR) is 132 cm³/mol. The molecular formula is C24H32ClFN6O2. The molecule has 0 saturated carbocycles. The van der Waals surface area contributed by atoms with Gasteiger partial charge < -0.3 is 29.9 Å². The molecule has 3 aliphatic rings. The molecule has 4 heterocycles. The van der Waals surface area contributed by atoms with Gasteiger partial charge >= 0.3 is 0 Å². The Kier molecular flexibility index (Phi) is 6.68. The Morgan fingerprint density at radius 1 is 0.941 bits per heavy atom. The van der Waals surface area contributed by atoms with Crippen LogP contribution in [0.4, 0.5) is 27.3 Å². The largest absolute Gasteiger partial charge is 0.380 e. The van der Waals surface area contributed by atoms with E-state index in [0.29, 0.717) is 16.9 Å². The Hall–Kier alpha value is -2.36. The molecule has 2 atom stereocenters. The molecule has 8 nitrogen and oxygen atoms in total. The zero-order valence-electron chi connectivity index (χ0n) is 19.7. The molecule has 0 spiro atoms. The fourth-order valence-corrected chi connectivity index (χ4v) is 6.09. The number of nitrogens with two attached hydrogens (primary N) is 1. The van der Waals surface area contributed by atoms with Crippen LogP contribution in [0.2, 0.25) is 5.15 Å². The molecule has 5 rings (SSSR count). The van der Waals surface area contributed by atoms with Crippen LogP contribution in [0.3, 0.4) is 0 Å². The van der Waals surface area contributed by atoms with E-state index in [2.05, 4.69) is 31.0 Å². The lowest BCUT2D eigenvalue weighted by molar-refractivity contribution is -0.141. The van der Waals surface area contributed by atoms with Gasteiger partial charge in [0.1, 0.15) is 5.82 Å². The highest BCUT2D eigenvalue weighted by atomic mass is 35.5. The second-order valence-electron chi connectivity index (χ2n) is 9.47. The van der Waals surface area contributed by atoms with E-state index in [4.69, 9.17) is 26.8 Å². The average Bonchev–Trinajstić information content (AvgIpc) is 3.11. The maximum atomic E-state index is 14.8. The summed E-state index contributed by atoms with van der Waals surface area (Å²) in [6.07, 6.45) is 3.83. The summed E-state index contributed by atoms with van der Waals surface area (Å²) in [5.41, 5.74) is 8.81. The summed E-state index contributed by atoms with van der Waals surface area (Å²) in [5.74, 6) is 0.544. The van der Waals surface area contributed by atoms with E-state index in [0.717, 1.165) is 68.9 Å². The normalized spacial score (nSPS) is 23.3. The van der Waals surface area contributed by atoms with E-state index >= 15 is 0 Å². The molecular weight excluding hydrogens is 459 g/mol. The maximum Gasteiger partial charge on any atom is 0.169 e. The number of aromatic nitrogens is 2. The standard InChI is InChI=1S/C24H32ClFN6O2/c1-33-24(34-2)15-5-7-30(8-6-15)19-9-16(26)10-20(11-19)32-17-3-4-18(32)14-31(13-17)21-12-22(25)28-29-23(21)27/h9-12,15,17-18,24H,3-8,13-14H2,1-2H3,(H2,27,29). The second kappa shape index (κ2) is 9.71. The summed E-state index contributed by atoms with van der Waals surface area (Å²) in [6.45, 7) is 3.28. The van der Waals surface area contributed by atoms with Gasteiger partial charge in [-0.25, -0.2) is 4.39 Å². The van der Waals surface area contributed by atoms with Gasteiger partial charge in [0.05, 0.1) is 5.69 Å². The number of methoxy groups -OCH3 is 2. The minimum absolute atomic E-state index is 0.184. The molecule has 0 aliphatic carbocycles. The highest BCUT2D eigenvalue weighted by Crippen LogP contribution is 2.39. The molecule has 2 bridgehead atoms. The van der Waals surface area contributed by atoms with Gasteiger partial charge in [-0.05, 0) is 43.9 Å². The number of benzene rings is 1. The molecule has 3 aliphatic heterocycles. The minimum atomic E-state index is -0.197. The smallest absolute Gasteiger partial charge is 0.169 e. The van der Waals surface area contributed by atoms with Crippen LogP contribution in [0.25, 0.3) is 0 Å². The number of halogens is 2. The van der Waals surface area contributed by atoms with E-state index in [-0.39, 0.29) is 24.2 Å². The summed E-state index contributed by atoms with van der Waals surface area (Å²) in [5, 5.41) is 8.14. The van der Waals surface area contributed by atoms with Crippen molar-refractivity contribution in [3.05, 3.63) is 35.2 Å². The number of rotatable bonds is 6. The van der Waals surface area contributed by atoms with Crippen molar-refractivity contribution in [1.82, 2.24) is 10.2 Å². The molecule has 34 heavy (non-hydrogen) atoms. The average molecular weight is 491 g/mol.